The number of nitrogens with zero attached hydrogens (tertiary/aromatic N) is 1. The molecule has 0 aliphatic carbocycles. The van der Waals surface area contributed by atoms with Gasteiger partial charge in [-0.1, -0.05) is 32.5 Å². The molecule has 0 fully saturated rings. The number of amides is 1. The van der Waals surface area contributed by atoms with Gasteiger partial charge in [0.25, 0.3) is 5.24 Å². The van der Waals surface area contributed by atoms with Gasteiger partial charge in [0.1, 0.15) is 0 Å². The standard InChI is InChI=1S/C10H21NOS/c1-4-7-11(8-5-2)10(12)13-9-6-3/h4-9H2,1-3H3. The van der Waals surface area contributed by atoms with E-state index in [0.29, 0.717) is 0 Å². The first-order valence-electron chi connectivity index (χ1n) is 5.17. The lowest BCUT2D eigenvalue weighted by atomic mass is 10.4. The van der Waals surface area contributed by atoms with Gasteiger partial charge in [-0.05, 0) is 19.3 Å². The number of hydrogen-bond acceptors (Lipinski definition) is 2. The zero-order valence-corrected chi connectivity index (χ0v) is 9.82. The second kappa shape index (κ2) is 8.42. The molecule has 1 amide bonds. The van der Waals surface area contributed by atoms with Crippen molar-refractivity contribution < 1.29 is 4.79 Å². The number of carbonyl (C=O) groups excluding carboxylic acids is 1. The molecule has 78 valence electrons. The van der Waals surface area contributed by atoms with Gasteiger partial charge in [-0.15, -0.1) is 0 Å². The highest BCUT2D eigenvalue weighted by atomic mass is 32.2. The van der Waals surface area contributed by atoms with Crippen LogP contribution in [0.4, 0.5) is 4.79 Å². The first-order chi connectivity index (χ1) is 6.26. The van der Waals surface area contributed by atoms with Gasteiger partial charge in [0, 0.05) is 18.8 Å². The molecule has 0 aliphatic rings. The van der Waals surface area contributed by atoms with E-state index in [-0.39, 0.29) is 5.24 Å². The molecular formula is C10H21NOS. The Morgan fingerprint density at radius 2 is 1.62 bits per heavy atom. The van der Waals surface area contributed by atoms with E-state index in [1.165, 1.54) is 11.8 Å². The molecule has 0 atom stereocenters. The second-order valence-corrected chi connectivity index (χ2v) is 4.15. The summed E-state index contributed by atoms with van der Waals surface area (Å²) in [5, 5.41) is 0.255. The largest absolute Gasteiger partial charge is 0.334 e. The minimum absolute atomic E-state index is 0.255. The van der Waals surface area contributed by atoms with Crippen molar-refractivity contribution in [3.63, 3.8) is 0 Å². The molecule has 13 heavy (non-hydrogen) atoms. The number of rotatable bonds is 6. The van der Waals surface area contributed by atoms with E-state index >= 15 is 0 Å². The summed E-state index contributed by atoms with van der Waals surface area (Å²) < 4.78 is 0. The van der Waals surface area contributed by atoms with Crippen LogP contribution < -0.4 is 0 Å². The maximum absolute atomic E-state index is 11.6. The summed E-state index contributed by atoms with van der Waals surface area (Å²) in [6, 6.07) is 0. The SMILES string of the molecule is CCCSC(=O)N(CCC)CCC. The van der Waals surface area contributed by atoms with Crippen molar-refractivity contribution in [1.29, 1.82) is 0 Å². The molecule has 0 saturated heterocycles. The monoisotopic (exact) mass is 203 g/mol. The van der Waals surface area contributed by atoms with Gasteiger partial charge in [0.05, 0.1) is 0 Å². The zero-order chi connectivity index (χ0) is 10.1. The summed E-state index contributed by atoms with van der Waals surface area (Å²) in [5.41, 5.74) is 0. The molecule has 0 spiro atoms. The van der Waals surface area contributed by atoms with Crippen molar-refractivity contribution in [2.24, 2.45) is 0 Å². The summed E-state index contributed by atoms with van der Waals surface area (Å²) in [6.07, 6.45) is 3.18. The van der Waals surface area contributed by atoms with Crippen LogP contribution in [-0.2, 0) is 0 Å². The van der Waals surface area contributed by atoms with Crippen LogP contribution in [0.25, 0.3) is 0 Å². The predicted octanol–water partition coefficient (Wildman–Crippen LogP) is 3.37. The van der Waals surface area contributed by atoms with Crippen molar-refractivity contribution in [3.05, 3.63) is 0 Å². The fraction of sp³-hybridized carbons (Fsp3) is 0.900. The first kappa shape index (κ1) is 12.8. The Balaban J connectivity index is 3.80. The molecule has 0 saturated carbocycles. The number of thioether (sulfide) groups is 1. The van der Waals surface area contributed by atoms with E-state index in [1.807, 2.05) is 4.90 Å². The van der Waals surface area contributed by atoms with Crippen molar-refractivity contribution in [1.82, 2.24) is 4.90 Å². The smallest absolute Gasteiger partial charge is 0.281 e. The van der Waals surface area contributed by atoms with Crippen LogP contribution in [0.3, 0.4) is 0 Å². The Labute approximate surface area is 86.1 Å². The van der Waals surface area contributed by atoms with Crippen molar-refractivity contribution in [2.45, 2.75) is 40.0 Å². The highest BCUT2D eigenvalue weighted by molar-refractivity contribution is 8.13. The van der Waals surface area contributed by atoms with E-state index in [9.17, 15) is 4.79 Å². The Hall–Kier alpha value is -0.180. The Kier molecular flexibility index (Phi) is 8.30. The zero-order valence-electron chi connectivity index (χ0n) is 9.01. The predicted molar refractivity (Wildman–Crippen MR) is 60.3 cm³/mol. The second-order valence-electron chi connectivity index (χ2n) is 3.10. The third-order valence-corrected chi connectivity index (χ3v) is 2.79. The molecule has 0 aromatic heterocycles. The Bertz CT molecular complexity index is 133. The molecule has 0 unspecified atom stereocenters. The summed E-state index contributed by atoms with van der Waals surface area (Å²) in [6.45, 7) is 8.14. The topological polar surface area (TPSA) is 20.3 Å². The van der Waals surface area contributed by atoms with Gasteiger partial charge >= 0.3 is 0 Å². The molecule has 0 radical (unpaired) electrons. The van der Waals surface area contributed by atoms with Crippen molar-refractivity contribution in [2.75, 3.05) is 18.8 Å². The maximum Gasteiger partial charge on any atom is 0.281 e. The minimum Gasteiger partial charge on any atom is -0.334 e. The number of carbonyl (C=O) groups is 1. The van der Waals surface area contributed by atoms with Crippen molar-refractivity contribution >= 4 is 17.0 Å². The molecule has 0 aromatic carbocycles. The van der Waals surface area contributed by atoms with Gasteiger partial charge in [0.15, 0.2) is 0 Å². The van der Waals surface area contributed by atoms with Crippen LogP contribution in [-0.4, -0.2) is 29.0 Å². The quantitative estimate of drug-likeness (QED) is 0.659. The summed E-state index contributed by atoms with van der Waals surface area (Å²) in [4.78, 5) is 13.5. The maximum atomic E-state index is 11.6. The lowest BCUT2D eigenvalue weighted by Crippen LogP contribution is -2.29. The molecule has 0 aromatic rings. The van der Waals surface area contributed by atoms with E-state index < -0.39 is 0 Å². The van der Waals surface area contributed by atoms with E-state index in [2.05, 4.69) is 20.8 Å². The molecule has 0 bridgehead atoms. The van der Waals surface area contributed by atoms with Crippen LogP contribution in [0.15, 0.2) is 0 Å². The Morgan fingerprint density at radius 3 is 2.00 bits per heavy atom. The van der Waals surface area contributed by atoms with Crippen LogP contribution in [0.1, 0.15) is 40.0 Å². The minimum atomic E-state index is 0.255. The normalized spacial score (nSPS) is 10.1. The lowest BCUT2D eigenvalue weighted by Gasteiger charge is -2.20. The van der Waals surface area contributed by atoms with Gasteiger partial charge in [-0.3, -0.25) is 4.79 Å². The van der Waals surface area contributed by atoms with Gasteiger partial charge in [-0.2, -0.15) is 0 Å². The average Bonchev–Trinajstić information content (AvgIpc) is 2.14. The molecule has 0 N–H and O–H groups in total. The third-order valence-electron chi connectivity index (χ3n) is 1.67. The summed E-state index contributed by atoms with van der Waals surface area (Å²) in [7, 11) is 0. The van der Waals surface area contributed by atoms with Crippen LogP contribution in [0.2, 0.25) is 0 Å². The highest BCUT2D eigenvalue weighted by Crippen LogP contribution is 2.10. The third kappa shape index (κ3) is 5.97. The van der Waals surface area contributed by atoms with Gasteiger partial charge in [-0.25, -0.2) is 0 Å². The van der Waals surface area contributed by atoms with Gasteiger partial charge in [0.2, 0.25) is 0 Å². The molecule has 0 heterocycles. The fourth-order valence-corrected chi connectivity index (χ4v) is 1.86. The van der Waals surface area contributed by atoms with Crippen molar-refractivity contribution in [3.8, 4) is 0 Å². The lowest BCUT2D eigenvalue weighted by molar-refractivity contribution is 0.223. The first-order valence-corrected chi connectivity index (χ1v) is 6.16. The van der Waals surface area contributed by atoms with E-state index in [0.717, 1.165) is 38.1 Å². The fourth-order valence-electron chi connectivity index (χ4n) is 1.11. The molecule has 0 aliphatic heterocycles. The summed E-state index contributed by atoms with van der Waals surface area (Å²) in [5.74, 6) is 0.947. The Morgan fingerprint density at radius 1 is 1.08 bits per heavy atom. The molecule has 3 heteroatoms. The van der Waals surface area contributed by atoms with E-state index in [1.54, 1.807) is 0 Å². The number of hydrogen-bond donors (Lipinski definition) is 0. The van der Waals surface area contributed by atoms with E-state index in [4.69, 9.17) is 0 Å². The molecular weight excluding hydrogens is 182 g/mol. The van der Waals surface area contributed by atoms with Crippen LogP contribution in [0, 0.1) is 0 Å². The average molecular weight is 203 g/mol. The van der Waals surface area contributed by atoms with Gasteiger partial charge < -0.3 is 4.90 Å². The van der Waals surface area contributed by atoms with Crippen LogP contribution in [0.5, 0.6) is 0 Å². The summed E-state index contributed by atoms with van der Waals surface area (Å²) >= 11 is 1.45. The highest BCUT2D eigenvalue weighted by Gasteiger charge is 2.10. The molecule has 0 rings (SSSR count). The van der Waals surface area contributed by atoms with Crippen LogP contribution >= 0.6 is 11.8 Å². The molecule has 2 nitrogen and oxygen atoms in total.